The number of carbonyl (C=O) groups excluding carboxylic acids is 1. The van der Waals surface area contributed by atoms with E-state index in [0.717, 1.165) is 11.3 Å². The number of halogens is 1. The number of para-hydroxylation sites is 1. The maximum atomic E-state index is 13.8. The molecule has 1 atom stereocenters. The molecule has 0 aliphatic heterocycles. The van der Waals surface area contributed by atoms with Crippen LogP contribution in [0.25, 0.3) is 11.8 Å². The molecule has 3 rings (SSSR count). The van der Waals surface area contributed by atoms with Crippen molar-refractivity contribution in [3.63, 3.8) is 0 Å². The van der Waals surface area contributed by atoms with Crippen molar-refractivity contribution in [2.45, 2.75) is 13.0 Å². The van der Waals surface area contributed by atoms with Gasteiger partial charge in [0.05, 0.1) is 25.0 Å². The van der Waals surface area contributed by atoms with Crippen LogP contribution in [0.3, 0.4) is 0 Å². The Morgan fingerprint density at radius 1 is 1.26 bits per heavy atom. The molecular formula is C21H20FN3O2. The number of hydrogen-bond acceptors (Lipinski definition) is 3. The van der Waals surface area contributed by atoms with Crippen LogP contribution in [0.2, 0.25) is 0 Å². The highest BCUT2D eigenvalue weighted by atomic mass is 19.1. The molecule has 1 N–H and O–H groups in total. The molecule has 27 heavy (non-hydrogen) atoms. The lowest BCUT2D eigenvalue weighted by atomic mass is 10.1. The summed E-state index contributed by atoms with van der Waals surface area (Å²) in [5, 5.41) is 7.09. The van der Waals surface area contributed by atoms with Gasteiger partial charge in [0.25, 0.3) is 0 Å². The predicted molar refractivity (Wildman–Crippen MR) is 102 cm³/mol. The van der Waals surface area contributed by atoms with Gasteiger partial charge in [-0.15, -0.1) is 0 Å². The fourth-order valence-corrected chi connectivity index (χ4v) is 2.61. The van der Waals surface area contributed by atoms with Gasteiger partial charge in [-0.3, -0.25) is 4.79 Å². The van der Waals surface area contributed by atoms with Crippen molar-refractivity contribution < 1.29 is 13.9 Å². The molecule has 3 aromatic rings. The number of methoxy groups -OCH3 is 1. The number of aromatic nitrogens is 2. The number of ether oxygens (including phenoxy) is 1. The van der Waals surface area contributed by atoms with E-state index in [4.69, 9.17) is 4.74 Å². The number of hydrogen-bond donors (Lipinski definition) is 1. The van der Waals surface area contributed by atoms with Crippen molar-refractivity contribution in [1.29, 1.82) is 0 Å². The molecule has 1 aromatic heterocycles. The van der Waals surface area contributed by atoms with Crippen molar-refractivity contribution in [2.24, 2.45) is 0 Å². The van der Waals surface area contributed by atoms with Crippen molar-refractivity contribution in [3.8, 4) is 11.4 Å². The van der Waals surface area contributed by atoms with Gasteiger partial charge in [-0.2, -0.15) is 5.10 Å². The highest BCUT2D eigenvalue weighted by molar-refractivity contribution is 5.91. The molecule has 0 unspecified atom stereocenters. The van der Waals surface area contributed by atoms with Crippen molar-refractivity contribution >= 4 is 12.0 Å². The molecule has 6 heteroatoms. The van der Waals surface area contributed by atoms with Crippen LogP contribution in [0.1, 0.15) is 24.1 Å². The van der Waals surface area contributed by atoms with Crippen LogP contribution >= 0.6 is 0 Å². The second-order valence-electron chi connectivity index (χ2n) is 6.01. The van der Waals surface area contributed by atoms with Crippen molar-refractivity contribution in [3.05, 3.63) is 83.9 Å². The van der Waals surface area contributed by atoms with E-state index >= 15 is 0 Å². The average Bonchev–Trinajstić information content (AvgIpc) is 3.16. The van der Waals surface area contributed by atoms with Gasteiger partial charge in [0.1, 0.15) is 0 Å². The van der Waals surface area contributed by atoms with Gasteiger partial charge in [0.15, 0.2) is 11.6 Å². The van der Waals surface area contributed by atoms with Crippen LogP contribution in [0, 0.1) is 5.82 Å². The summed E-state index contributed by atoms with van der Waals surface area (Å²) in [5.74, 6) is -0.557. The van der Waals surface area contributed by atoms with Crippen LogP contribution in [-0.2, 0) is 4.79 Å². The number of amides is 1. The number of rotatable bonds is 6. The third kappa shape index (κ3) is 4.61. The van der Waals surface area contributed by atoms with Gasteiger partial charge in [-0.1, -0.05) is 24.3 Å². The maximum absolute atomic E-state index is 13.8. The van der Waals surface area contributed by atoms with Gasteiger partial charge in [0, 0.05) is 17.8 Å². The Balaban J connectivity index is 1.62. The van der Waals surface area contributed by atoms with Crippen LogP contribution in [0.5, 0.6) is 5.75 Å². The molecular weight excluding hydrogens is 345 g/mol. The van der Waals surface area contributed by atoms with E-state index < -0.39 is 5.82 Å². The lowest BCUT2D eigenvalue weighted by molar-refractivity contribution is -0.117. The van der Waals surface area contributed by atoms with Gasteiger partial charge in [-0.25, -0.2) is 9.07 Å². The van der Waals surface area contributed by atoms with Gasteiger partial charge < -0.3 is 10.1 Å². The fraction of sp³-hybridized carbons (Fsp3) is 0.143. The number of nitrogens with one attached hydrogen (secondary N) is 1. The van der Waals surface area contributed by atoms with E-state index in [1.165, 1.54) is 19.3 Å². The summed E-state index contributed by atoms with van der Waals surface area (Å²) in [7, 11) is 1.41. The largest absolute Gasteiger partial charge is 0.494 e. The molecule has 0 saturated carbocycles. The number of carbonyl (C=O) groups is 1. The molecule has 0 saturated heterocycles. The highest BCUT2D eigenvalue weighted by Gasteiger charge is 2.11. The minimum absolute atomic E-state index is 0.174. The summed E-state index contributed by atoms with van der Waals surface area (Å²) < 4.78 is 20.4. The minimum atomic E-state index is -0.458. The smallest absolute Gasteiger partial charge is 0.244 e. The lowest BCUT2D eigenvalue weighted by Gasteiger charge is -2.14. The van der Waals surface area contributed by atoms with E-state index in [1.807, 2.05) is 36.5 Å². The van der Waals surface area contributed by atoms with Crippen LogP contribution < -0.4 is 10.1 Å². The van der Waals surface area contributed by atoms with E-state index in [2.05, 4.69) is 10.4 Å². The van der Waals surface area contributed by atoms with E-state index in [9.17, 15) is 9.18 Å². The summed E-state index contributed by atoms with van der Waals surface area (Å²) in [6.45, 7) is 1.79. The molecule has 0 aliphatic rings. The Hall–Kier alpha value is -3.41. The first-order chi connectivity index (χ1) is 13.1. The van der Waals surface area contributed by atoms with Gasteiger partial charge in [-0.05, 0) is 42.8 Å². The van der Waals surface area contributed by atoms with E-state index in [-0.39, 0.29) is 17.7 Å². The second-order valence-corrected chi connectivity index (χ2v) is 6.01. The third-order valence-corrected chi connectivity index (χ3v) is 4.09. The SMILES string of the molecule is COc1ccc([C@@H](C)NC(=O)/C=C/c2cnn(-c3ccccc3)c2)cc1F. The number of benzene rings is 2. The minimum Gasteiger partial charge on any atom is -0.494 e. The lowest BCUT2D eigenvalue weighted by Crippen LogP contribution is -2.24. The summed E-state index contributed by atoms with van der Waals surface area (Å²) in [6, 6.07) is 14.0. The summed E-state index contributed by atoms with van der Waals surface area (Å²) in [6.07, 6.45) is 6.63. The zero-order valence-electron chi connectivity index (χ0n) is 15.1. The second kappa shape index (κ2) is 8.31. The first-order valence-electron chi connectivity index (χ1n) is 8.49. The van der Waals surface area contributed by atoms with Gasteiger partial charge >= 0.3 is 0 Å². The zero-order chi connectivity index (χ0) is 19.2. The Kier molecular flexibility index (Phi) is 5.66. The van der Waals surface area contributed by atoms with E-state index in [1.54, 1.807) is 36.0 Å². The highest BCUT2D eigenvalue weighted by Crippen LogP contribution is 2.21. The standard InChI is InChI=1S/C21H20FN3O2/c1-15(17-9-10-20(27-2)19(22)12-17)24-21(26)11-8-16-13-23-25(14-16)18-6-4-3-5-7-18/h3-15H,1-2H3,(H,24,26)/b11-8+/t15-/m1/s1. The Labute approximate surface area is 157 Å². The molecule has 2 aromatic carbocycles. The molecule has 1 heterocycles. The van der Waals surface area contributed by atoms with Crippen molar-refractivity contribution in [2.75, 3.05) is 7.11 Å². The molecule has 0 radical (unpaired) electrons. The predicted octanol–water partition coefficient (Wildman–Crippen LogP) is 3.91. The van der Waals surface area contributed by atoms with E-state index in [0.29, 0.717) is 5.56 Å². The van der Waals surface area contributed by atoms with Gasteiger partial charge in [0.2, 0.25) is 5.91 Å². The van der Waals surface area contributed by atoms with Crippen LogP contribution in [-0.4, -0.2) is 22.8 Å². The zero-order valence-corrected chi connectivity index (χ0v) is 15.1. The monoisotopic (exact) mass is 365 g/mol. The normalized spacial score (nSPS) is 12.1. The Morgan fingerprint density at radius 2 is 2.04 bits per heavy atom. The molecule has 0 fully saturated rings. The quantitative estimate of drug-likeness (QED) is 0.674. The molecule has 5 nitrogen and oxygen atoms in total. The summed E-state index contributed by atoms with van der Waals surface area (Å²) in [4.78, 5) is 12.1. The molecule has 0 bridgehead atoms. The third-order valence-electron chi connectivity index (χ3n) is 4.09. The summed E-state index contributed by atoms with van der Waals surface area (Å²) in [5.41, 5.74) is 2.40. The van der Waals surface area contributed by atoms with Crippen molar-refractivity contribution in [1.82, 2.24) is 15.1 Å². The fourth-order valence-electron chi connectivity index (χ4n) is 2.61. The first kappa shape index (κ1) is 18.4. The van der Waals surface area contributed by atoms with Crippen LogP contribution in [0.4, 0.5) is 4.39 Å². The molecule has 0 aliphatic carbocycles. The first-order valence-corrected chi connectivity index (χ1v) is 8.49. The molecule has 1 amide bonds. The van der Waals surface area contributed by atoms with Crippen LogP contribution in [0.15, 0.2) is 67.0 Å². The molecule has 138 valence electrons. The Morgan fingerprint density at radius 3 is 2.74 bits per heavy atom. The molecule has 0 spiro atoms. The topological polar surface area (TPSA) is 56.1 Å². The number of nitrogens with zero attached hydrogens (tertiary/aromatic N) is 2. The Bertz CT molecular complexity index is 951. The average molecular weight is 365 g/mol. The summed E-state index contributed by atoms with van der Waals surface area (Å²) >= 11 is 0. The maximum Gasteiger partial charge on any atom is 0.244 e.